The van der Waals surface area contributed by atoms with Gasteiger partial charge in [-0.1, -0.05) is 12.2 Å². The molecule has 4 atom stereocenters. The van der Waals surface area contributed by atoms with Crippen LogP contribution in [0.25, 0.3) is 0 Å². The fraction of sp³-hybridized carbons (Fsp3) is 0.556. The molecule has 1 heterocycles. The van der Waals surface area contributed by atoms with Crippen molar-refractivity contribution in [2.75, 3.05) is 0 Å². The molecule has 1 saturated carbocycles. The molecule has 2 fully saturated rings. The zero-order valence-electron chi connectivity index (χ0n) is 6.49. The van der Waals surface area contributed by atoms with E-state index in [1.54, 1.807) is 0 Å². The van der Waals surface area contributed by atoms with Crippen LogP contribution in [0, 0.1) is 23.7 Å². The van der Waals surface area contributed by atoms with E-state index < -0.39 is 0 Å². The van der Waals surface area contributed by atoms with Crippen molar-refractivity contribution in [2.24, 2.45) is 23.7 Å². The molecule has 3 heteroatoms. The predicted octanol–water partition coefficient (Wildman–Crippen LogP) is 0.0811. The molecule has 0 aromatic heterocycles. The molecule has 2 aliphatic carbocycles. The average molecular weight is 163 g/mol. The first-order valence-electron chi connectivity index (χ1n) is 4.30. The van der Waals surface area contributed by atoms with Crippen molar-refractivity contribution in [1.82, 2.24) is 5.32 Å². The highest BCUT2D eigenvalue weighted by Crippen LogP contribution is 2.50. The third-order valence-electron chi connectivity index (χ3n) is 3.31. The maximum atomic E-state index is 11.3. The van der Waals surface area contributed by atoms with Gasteiger partial charge in [0, 0.05) is 0 Å². The van der Waals surface area contributed by atoms with Gasteiger partial charge in [-0.25, -0.2) is 0 Å². The highest BCUT2D eigenvalue weighted by Gasteiger charge is 2.55. The van der Waals surface area contributed by atoms with Gasteiger partial charge < -0.3 is 0 Å². The van der Waals surface area contributed by atoms with Crippen molar-refractivity contribution in [3.05, 3.63) is 12.2 Å². The van der Waals surface area contributed by atoms with Crippen LogP contribution in [-0.2, 0) is 9.59 Å². The third-order valence-corrected chi connectivity index (χ3v) is 3.31. The SMILES string of the molecule is O=C1NC(=O)[C@H]2[C@@H]1[C@H]1C=C[C@H]2C1. The summed E-state index contributed by atoms with van der Waals surface area (Å²) in [4.78, 5) is 22.6. The fourth-order valence-corrected chi connectivity index (χ4v) is 2.83. The Balaban J connectivity index is 2.08. The number of carbonyl (C=O) groups is 2. The lowest BCUT2D eigenvalue weighted by atomic mass is 9.85. The summed E-state index contributed by atoms with van der Waals surface area (Å²) >= 11 is 0. The van der Waals surface area contributed by atoms with Crippen LogP contribution in [0.15, 0.2) is 12.2 Å². The van der Waals surface area contributed by atoms with Crippen LogP contribution in [0.1, 0.15) is 6.42 Å². The normalized spacial score (nSPS) is 48.3. The molecule has 0 spiro atoms. The lowest BCUT2D eigenvalue weighted by molar-refractivity contribution is -0.126. The minimum atomic E-state index is -0.0538. The van der Waals surface area contributed by atoms with Gasteiger partial charge in [-0.2, -0.15) is 0 Å². The Kier molecular flexibility index (Phi) is 0.953. The standard InChI is InChI=1S/C9H9NO2/c11-8-6-4-1-2-5(3-4)7(6)9(12)10-8/h1-2,4-7H,3H2,(H,10,11,12)/t4-,5-,6-,7+/m0/s1. The number of imide groups is 1. The molecular formula is C9H9NO2. The number of rotatable bonds is 0. The van der Waals surface area contributed by atoms with E-state index in [4.69, 9.17) is 0 Å². The Morgan fingerprint density at radius 1 is 1.08 bits per heavy atom. The first kappa shape index (κ1) is 6.40. The number of fused-ring (bicyclic) bond motifs is 5. The Morgan fingerprint density at radius 2 is 1.58 bits per heavy atom. The van der Waals surface area contributed by atoms with Gasteiger partial charge in [0.15, 0.2) is 0 Å². The molecule has 0 unspecified atom stereocenters. The van der Waals surface area contributed by atoms with Crippen LogP contribution in [0.5, 0.6) is 0 Å². The molecule has 62 valence electrons. The zero-order chi connectivity index (χ0) is 8.29. The highest BCUT2D eigenvalue weighted by molar-refractivity contribution is 6.06. The second-order valence-electron chi connectivity index (χ2n) is 3.85. The minimum absolute atomic E-state index is 0.0347. The van der Waals surface area contributed by atoms with Gasteiger partial charge >= 0.3 is 0 Å². The molecule has 1 N–H and O–H groups in total. The topological polar surface area (TPSA) is 46.2 Å². The number of carbonyl (C=O) groups excluding carboxylic acids is 2. The van der Waals surface area contributed by atoms with E-state index in [9.17, 15) is 9.59 Å². The smallest absolute Gasteiger partial charge is 0.231 e. The quantitative estimate of drug-likeness (QED) is 0.406. The van der Waals surface area contributed by atoms with Gasteiger partial charge in [-0.15, -0.1) is 0 Å². The molecule has 3 rings (SSSR count). The Labute approximate surface area is 69.8 Å². The van der Waals surface area contributed by atoms with Crippen LogP contribution in [0.4, 0.5) is 0 Å². The summed E-state index contributed by atoms with van der Waals surface area (Å²) in [5.41, 5.74) is 0. The van der Waals surface area contributed by atoms with Gasteiger partial charge in [0.2, 0.25) is 11.8 Å². The van der Waals surface area contributed by atoms with E-state index in [-0.39, 0.29) is 23.7 Å². The molecule has 3 nitrogen and oxygen atoms in total. The van der Waals surface area contributed by atoms with Gasteiger partial charge in [0.1, 0.15) is 0 Å². The Bertz CT molecular complexity index is 280. The van der Waals surface area contributed by atoms with E-state index in [0.717, 1.165) is 6.42 Å². The lowest BCUT2D eigenvalue weighted by Crippen LogP contribution is -2.25. The molecule has 1 saturated heterocycles. The van der Waals surface area contributed by atoms with Crippen LogP contribution in [0.3, 0.4) is 0 Å². The third kappa shape index (κ3) is 0.543. The first-order chi connectivity index (χ1) is 5.77. The number of nitrogens with one attached hydrogen (secondary N) is 1. The minimum Gasteiger partial charge on any atom is -0.296 e. The molecular weight excluding hydrogens is 154 g/mol. The van der Waals surface area contributed by atoms with Crippen LogP contribution < -0.4 is 5.32 Å². The summed E-state index contributed by atoms with van der Waals surface area (Å²) in [6.07, 6.45) is 5.18. The monoisotopic (exact) mass is 163 g/mol. The van der Waals surface area contributed by atoms with Gasteiger partial charge in [0.05, 0.1) is 11.8 Å². The molecule has 12 heavy (non-hydrogen) atoms. The average Bonchev–Trinajstić information content (AvgIpc) is 2.64. The van der Waals surface area contributed by atoms with Crippen molar-refractivity contribution in [1.29, 1.82) is 0 Å². The van der Waals surface area contributed by atoms with Crippen LogP contribution in [-0.4, -0.2) is 11.8 Å². The van der Waals surface area contributed by atoms with Crippen molar-refractivity contribution in [3.63, 3.8) is 0 Å². The van der Waals surface area contributed by atoms with E-state index in [0.29, 0.717) is 11.8 Å². The summed E-state index contributed by atoms with van der Waals surface area (Å²) in [7, 11) is 0. The van der Waals surface area contributed by atoms with E-state index in [1.807, 2.05) is 0 Å². The fourth-order valence-electron chi connectivity index (χ4n) is 2.83. The van der Waals surface area contributed by atoms with Crippen molar-refractivity contribution in [3.8, 4) is 0 Å². The van der Waals surface area contributed by atoms with Gasteiger partial charge in [-0.3, -0.25) is 14.9 Å². The maximum Gasteiger partial charge on any atom is 0.231 e. The number of allylic oxidation sites excluding steroid dienone is 2. The summed E-state index contributed by atoms with van der Waals surface area (Å²) in [6.45, 7) is 0. The maximum absolute atomic E-state index is 11.3. The number of amides is 2. The van der Waals surface area contributed by atoms with Crippen molar-refractivity contribution >= 4 is 11.8 Å². The highest BCUT2D eigenvalue weighted by atomic mass is 16.2. The first-order valence-corrected chi connectivity index (χ1v) is 4.30. The summed E-state index contributed by atoms with van der Waals surface area (Å²) in [5, 5.41) is 2.40. The van der Waals surface area contributed by atoms with Crippen molar-refractivity contribution < 1.29 is 9.59 Å². The summed E-state index contributed by atoms with van der Waals surface area (Å²) < 4.78 is 0. The number of hydrogen-bond donors (Lipinski definition) is 1. The van der Waals surface area contributed by atoms with Crippen LogP contribution in [0.2, 0.25) is 0 Å². The van der Waals surface area contributed by atoms with Crippen LogP contribution >= 0.6 is 0 Å². The molecule has 0 aromatic carbocycles. The molecule has 2 bridgehead atoms. The molecule has 0 aromatic rings. The number of hydrogen-bond acceptors (Lipinski definition) is 2. The molecule has 0 radical (unpaired) electrons. The van der Waals surface area contributed by atoms with E-state index in [1.165, 1.54) is 0 Å². The second kappa shape index (κ2) is 1.79. The summed E-state index contributed by atoms with van der Waals surface area (Å²) in [5.74, 6) is 0.501. The molecule has 1 aliphatic heterocycles. The Hall–Kier alpha value is -1.12. The van der Waals surface area contributed by atoms with Gasteiger partial charge in [-0.05, 0) is 18.3 Å². The second-order valence-corrected chi connectivity index (χ2v) is 3.85. The van der Waals surface area contributed by atoms with E-state index >= 15 is 0 Å². The predicted molar refractivity (Wildman–Crippen MR) is 40.9 cm³/mol. The van der Waals surface area contributed by atoms with E-state index in [2.05, 4.69) is 17.5 Å². The largest absolute Gasteiger partial charge is 0.296 e. The van der Waals surface area contributed by atoms with Crippen molar-refractivity contribution in [2.45, 2.75) is 6.42 Å². The lowest BCUT2D eigenvalue weighted by Gasteiger charge is -2.14. The Morgan fingerprint density at radius 3 is 2.08 bits per heavy atom. The van der Waals surface area contributed by atoms with Gasteiger partial charge in [0.25, 0.3) is 0 Å². The summed E-state index contributed by atoms with van der Waals surface area (Å²) in [6, 6.07) is 0. The molecule has 3 aliphatic rings. The zero-order valence-corrected chi connectivity index (χ0v) is 6.49. The molecule has 2 amide bonds.